The van der Waals surface area contributed by atoms with E-state index in [0.717, 1.165) is 37.3 Å². The number of halogens is 2. The molecule has 32 heavy (non-hydrogen) atoms. The van der Waals surface area contributed by atoms with Crippen molar-refractivity contribution in [3.63, 3.8) is 0 Å². The van der Waals surface area contributed by atoms with E-state index in [2.05, 4.69) is 42.2 Å². The second kappa shape index (κ2) is 10.4. The first kappa shape index (κ1) is 22.6. The topological polar surface area (TPSA) is 59.9 Å². The van der Waals surface area contributed by atoms with Crippen LogP contribution in [0.25, 0.3) is 6.08 Å². The summed E-state index contributed by atoms with van der Waals surface area (Å²) in [7, 11) is 1.62. The Bertz CT molecular complexity index is 1190. The van der Waals surface area contributed by atoms with E-state index in [1.165, 1.54) is 11.8 Å². The van der Waals surface area contributed by atoms with E-state index >= 15 is 0 Å². The zero-order chi connectivity index (χ0) is 22.5. The van der Waals surface area contributed by atoms with Gasteiger partial charge in [-0.3, -0.25) is 4.79 Å². The number of rotatable bonds is 6. The van der Waals surface area contributed by atoms with E-state index in [9.17, 15) is 4.79 Å². The molecular formula is C24H18Br2N2O3S. The Labute approximate surface area is 207 Å². The van der Waals surface area contributed by atoms with Crippen LogP contribution in [-0.4, -0.2) is 18.2 Å². The first-order chi connectivity index (χ1) is 15.5. The summed E-state index contributed by atoms with van der Waals surface area (Å²) >= 11 is 8.30. The van der Waals surface area contributed by atoms with Gasteiger partial charge in [0.05, 0.1) is 17.7 Å². The van der Waals surface area contributed by atoms with Crippen LogP contribution in [0, 0.1) is 0 Å². The molecule has 3 aromatic rings. The zero-order valence-electron chi connectivity index (χ0n) is 17.0. The number of benzene rings is 3. The smallest absolute Gasteiger partial charge is 0.264 e. The van der Waals surface area contributed by atoms with Crippen molar-refractivity contribution in [3.8, 4) is 11.5 Å². The van der Waals surface area contributed by atoms with Gasteiger partial charge in [0.15, 0.2) is 5.17 Å². The van der Waals surface area contributed by atoms with Gasteiger partial charge in [-0.1, -0.05) is 50.1 Å². The molecule has 0 unspecified atom stereocenters. The summed E-state index contributed by atoms with van der Waals surface area (Å²) in [5.41, 5.74) is 2.71. The van der Waals surface area contributed by atoms with Crippen molar-refractivity contribution < 1.29 is 14.3 Å². The summed E-state index contributed by atoms with van der Waals surface area (Å²) < 4.78 is 13.0. The number of methoxy groups -OCH3 is 1. The van der Waals surface area contributed by atoms with Crippen LogP contribution in [0.2, 0.25) is 0 Å². The third kappa shape index (κ3) is 5.82. The molecule has 0 radical (unpaired) electrons. The highest BCUT2D eigenvalue weighted by atomic mass is 79.9. The molecule has 4 rings (SSSR count). The van der Waals surface area contributed by atoms with Crippen LogP contribution >= 0.6 is 43.6 Å². The molecule has 1 heterocycles. The molecule has 162 valence electrons. The maximum absolute atomic E-state index is 12.3. The Balaban J connectivity index is 1.40. The summed E-state index contributed by atoms with van der Waals surface area (Å²) in [4.78, 5) is 17.4. The van der Waals surface area contributed by atoms with Crippen molar-refractivity contribution in [2.24, 2.45) is 4.99 Å². The molecule has 5 nitrogen and oxygen atoms in total. The standard InChI is InChI=1S/C24H18Br2N2O3S/c1-30-19-10-6-18(7-11-19)27-24-28-23(29)22(32-24)12-15-2-8-20(9-3-15)31-14-16-4-5-17(25)13-21(16)26/h2-13H,14H2,1H3,(H,27,28,29)/b22-12-. The molecule has 0 saturated carbocycles. The Kier molecular flexibility index (Phi) is 7.34. The number of carbonyl (C=O) groups is 1. The SMILES string of the molecule is COc1ccc(N=C2NC(=O)/C(=C/c3ccc(OCc4ccc(Br)cc4Br)cc3)S2)cc1. The van der Waals surface area contributed by atoms with Crippen LogP contribution in [0.5, 0.6) is 11.5 Å². The van der Waals surface area contributed by atoms with Crippen molar-refractivity contribution in [1.82, 2.24) is 5.32 Å². The fraction of sp³-hybridized carbons (Fsp3) is 0.0833. The van der Waals surface area contributed by atoms with E-state index < -0.39 is 0 Å². The second-order valence-corrected chi connectivity index (χ2v) is 9.57. The van der Waals surface area contributed by atoms with Crippen LogP contribution in [0.1, 0.15) is 11.1 Å². The lowest BCUT2D eigenvalue weighted by molar-refractivity contribution is -0.115. The molecule has 1 N–H and O–H groups in total. The van der Waals surface area contributed by atoms with Gasteiger partial charge in [0.2, 0.25) is 0 Å². The molecule has 3 aromatic carbocycles. The number of amidine groups is 1. The Morgan fingerprint density at radius 3 is 2.41 bits per heavy atom. The zero-order valence-corrected chi connectivity index (χ0v) is 21.0. The number of hydrogen-bond acceptors (Lipinski definition) is 5. The molecule has 1 fully saturated rings. The third-order valence-corrected chi connectivity index (χ3v) is 6.68. The number of ether oxygens (including phenoxy) is 2. The lowest BCUT2D eigenvalue weighted by atomic mass is 10.2. The molecule has 1 amide bonds. The number of nitrogens with one attached hydrogen (secondary N) is 1. The van der Waals surface area contributed by atoms with Crippen LogP contribution < -0.4 is 14.8 Å². The van der Waals surface area contributed by atoms with Gasteiger partial charge in [-0.25, -0.2) is 4.99 Å². The second-order valence-electron chi connectivity index (χ2n) is 6.77. The van der Waals surface area contributed by atoms with Gasteiger partial charge in [0.1, 0.15) is 18.1 Å². The van der Waals surface area contributed by atoms with E-state index in [4.69, 9.17) is 9.47 Å². The molecule has 8 heteroatoms. The van der Waals surface area contributed by atoms with Gasteiger partial charge in [-0.15, -0.1) is 0 Å². The number of amides is 1. The summed E-state index contributed by atoms with van der Waals surface area (Å²) in [6.45, 7) is 0.456. The van der Waals surface area contributed by atoms with Crippen molar-refractivity contribution in [3.05, 3.63) is 91.7 Å². The highest BCUT2D eigenvalue weighted by molar-refractivity contribution is 9.11. The van der Waals surface area contributed by atoms with Gasteiger partial charge in [0.25, 0.3) is 5.91 Å². The largest absolute Gasteiger partial charge is 0.497 e. The van der Waals surface area contributed by atoms with Gasteiger partial charge >= 0.3 is 0 Å². The predicted octanol–water partition coefficient (Wildman–Crippen LogP) is 6.69. The maximum atomic E-state index is 12.3. The molecule has 1 saturated heterocycles. The first-order valence-electron chi connectivity index (χ1n) is 9.60. The molecular weight excluding hydrogens is 556 g/mol. The fourth-order valence-corrected chi connectivity index (χ4v) is 4.87. The minimum absolute atomic E-state index is 0.164. The fourth-order valence-electron chi connectivity index (χ4n) is 2.87. The van der Waals surface area contributed by atoms with Crippen LogP contribution in [0.3, 0.4) is 0 Å². The number of aliphatic imine (C=N–C) groups is 1. The molecule has 0 aliphatic carbocycles. The minimum atomic E-state index is -0.164. The van der Waals surface area contributed by atoms with Crippen LogP contribution in [0.15, 0.2) is 85.6 Å². The highest BCUT2D eigenvalue weighted by Gasteiger charge is 2.23. The normalized spacial score (nSPS) is 15.8. The van der Waals surface area contributed by atoms with Gasteiger partial charge in [0, 0.05) is 14.5 Å². The van der Waals surface area contributed by atoms with E-state index in [1.807, 2.05) is 72.8 Å². The van der Waals surface area contributed by atoms with Crippen molar-refractivity contribution in [2.45, 2.75) is 6.61 Å². The van der Waals surface area contributed by atoms with Crippen molar-refractivity contribution in [1.29, 1.82) is 0 Å². The number of carbonyl (C=O) groups excluding carboxylic acids is 1. The highest BCUT2D eigenvalue weighted by Crippen LogP contribution is 2.29. The quantitative estimate of drug-likeness (QED) is 0.334. The van der Waals surface area contributed by atoms with Crippen LogP contribution in [-0.2, 0) is 11.4 Å². The van der Waals surface area contributed by atoms with Gasteiger partial charge in [-0.05, 0) is 71.9 Å². The monoisotopic (exact) mass is 572 g/mol. The average molecular weight is 574 g/mol. The molecule has 1 aliphatic heterocycles. The lowest BCUT2D eigenvalue weighted by Crippen LogP contribution is -2.19. The molecule has 0 aromatic heterocycles. The Hall–Kier alpha value is -2.55. The summed E-state index contributed by atoms with van der Waals surface area (Å²) in [5, 5.41) is 3.35. The summed E-state index contributed by atoms with van der Waals surface area (Å²) in [6.07, 6.45) is 1.84. The molecule has 0 atom stereocenters. The average Bonchev–Trinajstić information content (AvgIpc) is 3.13. The van der Waals surface area contributed by atoms with Crippen molar-refractivity contribution >= 4 is 66.5 Å². The first-order valence-corrected chi connectivity index (χ1v) is 12.0. The predicted molar refractivity (Wildman–Crippen MR) is 136 cm³/mol. The van der Waals surface area contributed by atoms with Gasteiger partial charge in [-0.2, -0.15) is 0 Å². The number of thioether (sulfide) groups is 1. The number of hydrogen-bond donors (Lipinski definition) is 1. The summed E-state index contributed by atoms with van der Waals surface area (Å²) in [6, 6.07) is 20.9. The van der Waals surface area contributed by atoms with Crippen molar-refractivity contribution in [2.75, 3.05) is 7.11 Å². The summed E-state index contributed by atoms with van der Waals surface area (Å²) in [5.74, 6) is 1.35. The van der Waals surface area contributed by atoms with E-state index in [0.29, 0.717) is 16.7 Å². The lowest BCUT2D eigenvalue weighted by Gasteiger charge is -2.08. The van der Waals surface area contributed by atoms with E-state index in [1.54, 1.807) is 7.11 Å². The van der Waals surface area contributed by atoms with Crippen LogP contribution in [0.4, 0.5) is 5.69 Å². The van der Waals surface area contributed by atoms with Gasteiger partial charge < -0.3 is 14.8 Å². The molecule has 1 aliphatic rings. The Morgan fingerprint density at radius 2 is 1.72 bits per heavy atom. The minimum Gasteiger partial charge on any atom is -0.497 e. The molecule has 0 spiro atoms. The molecule has 0 bridgehead atoms. The van der Waals surface area contributed by atoms with E-state index in [-0.39, 0.29) is 5.91 Å². The Morgan fingerprint density at radius 1 is 1.00 bits per heavy atom. The number of nitrogens with zero attached hydrogens (tertiary/aromatic N) is 1. The maximum Gasteiger partial charge on any atom is 0.264 e. The third-order valence-electron chi connectivity index (χ3n) is 4.54.